The fraction of sp³-hybridized carbons (Fsp3) is 0.238. The van der Waals surface area contributed by atoms with E-state index in [0.29, 0.717) is 17.1 Å². The maximum atomic E-state index is 12.6. The molecule has 8 heteroatoms. The highest BCUT2D eigenvalue weighted by atomic mass is 35.5. The molecule has 2 aromatic carbocycles. The fourth-order valence-electron chi connectivity index (χ4n) is 2.95. The predicted octanol–water partition coefficient (Wildman–Crippen LogP) is 3.53. The third kappa shape index (κ3) is 4.30. The van der Waals surface area contributed by atoms with Gasteiger partial charge in [0.25, 0.3) is 17.7 Å². The van der Waals surface area contributed by atoms with E-state index >= 15 is 0 Å². The Morgan fingerprint density at radius 3 is 2.52 bits per heavy atom. The summed E-state index contributed by atoms with van der Waals surface area (Å²) >= 11 is 5.85. The summed E-state index contributed by atoms with van der Waals surface area (Å²) in [6.45, 7) is 3.16. The number of amides is 3. The number of esters is 1. The van der Waals surface area contributed by atoms with E-state index in [4.69, 9.17) is 16.3 Å². The first-order valence-corrected chi connectivity index (χ1v) is 9.44. The number of carbonyl (C=O) groups is 4. The molecule has 7 nitrogen and oxygen atoms in total. The van der Waals surface area contributed by atoms with Crippen molar-refractivity contribution in [2.45, 2.75) is 26.3 Å². The van der Waals surface area contributed by atoms with E-state index in [0.717, 1.165) is 0 Å². The van der Waals surface area contributed by atoms with Gasteiger partial charge in [-0.3, -0.25) is 19.3 Å². The van der Waals surface area contributed by atoms with E-state index in [1.807, 2.05) is 6.92 Å². The summed E-state index contributed by atoms with van der Waals surface area (Å²) in [6.07, 6.45) is 0.627. The van der Waals surface area contributed by atoms with Crippen molar-refractivity contribution in [2.75, 3.05) is 11.9 Å². The van der Waals surface area contributed by atoms with Gasteiger partial charge in [-0.1, -0.05) is 24.6 Å². The van der Waals surface area contributed by atoms with Crippen LogP contribution in [0.4, 0.5) is 5.69 Å². The van der Waals surface area contributed by atoms with Crippen molar-refractivity contribution in [1.29, 1.82) is 0 Å². The average Bonchev–Trinajstić information content (AvgIpc) is 2.95. The summed E-state index contributed by atoms with van der Waals surface area (Å²) < 4.78 is 5.02. The molecule has 3 rings (SSSR count). The Labute approximate surface area is 172 Å². The van der Waals surface area contributed by atoms with Crippen LogP contribution in [0, 0.1) is 0 Å². The Hall–Kier alpha value is -3.19. The summed E-state index contributed by atoms with van der Waals surface area (Å²) in [5, 5.41) is 3.02. The number of hydrogen-bond acceptors (Lipinski definition) is 5. The van der Waals surface area contributed by atoms with Gasteiger partial charge in [-0.05, 0) is 49.7 Å². The molecule has 3 amide bonds. The van der Waals surface area contributed by atoms with Crippen LogP contribution in [-0.2, 0) is 9.53 Å². The Morgan fingerprint density at radius 2 is 1.83 bits per heavy atom. The summed E-state index contributed by atoms with van der Waals surface area (Å²) in [4.78, 5) is 50.4. The van der Waals surface area contributed by atoms with Crippen molar-refractivity contribution >= 4 is 41.0 Å². The molecule has 0 aromatic heterocycles. The van der Waals surface area contributed by atoms with Gasteiger partial charge in [0.05, 0.1) is 16.7 Å². The molecule has 0 bridgehead atoms. The number of nitrogens with zero attached hydrogens (tertiary/aromatic N) is 1. The minimum atomic E-state index is -0.767. The lowest BCUT2D eigenvalue weighted by Gasteiger charge is -2.20. The number of carbonyl (C=O) groups excluding carboxylic acids is 4. The van der Waals surface area contributed by atoms with E-state index < -0.39 is 24.4 Å². The molecule has 0 aliphatic carbocycles. The average molecular weight is 415 g/mol. The van der Waals surface area contributed by atoms with E-state index in [1.54, 1.807) is 31.2 Å². The van der Waals surface area contributed by atoms with Gasteiger partial charge in [-0.25, -0.2) is 4.79 Å². The second kappa shape index (κ2) is 8.45. The van der Waals surface area contributed by atoms with Crippen LogP contribution in [0.5, 0.6) is 0 Å². The first-order chi connectivity index (χ1) is 13.8. The zero-order valence-electron chi connectivity index (χ0n) is 15.9. The molecule has 1 aliphatic heterocycles. The highest BCUT2D eigenvalue weighted by Crippen LogP contribution is 2.27. The zero-order chi connectivity index (χ0) is 21.1. The first-order valence-electron chi connectivity index (χ1n) is 9.06. The van der Waals surface area contributed by atoms with Gasteiger partial charge in [0.2, 0.25) is 0 Å². The third-order valence-electron chi connectivity index (χ3n) is 4.63. The van der Waals surface area contributed by atoms with Gasteiger partial charge in [-0.2, -0.15) is 0 Å². The molecular formula is C21H19ClN2O5. The van der Waals surface area contributed by atoms with Gasteiger partial charge >= 0.3 is 5.97 Å². The Kier molecular flexibility index (Phi) is 5.98. The number of hydrogen-bond donors (Lipinski definition) is 1. The van der Waals surface area contributed by atoms with Crippen LogP contribution in [-0.4, -0.2) is 41.2 Å². The number of benzene rings is 2. The van der Waals surface area contributed by atoms with Crippen LogP contribution in [0.25, 0.3) is 0 Å². The number of nitrogens with one attached hydrogen (secondary N) is 1. The lowest BCUT2D eigenvalue weighted by atomic mass is 10.1. The number of rotatable bonds is 6. The summed E-state index contributed by atoms with van der Waals surface area (Å²) in [5.41, 5.74) is 0.982. The molecule has 1 N–H and O–H groups in total. The van der Waals surface area contributed by atoms with Gasteiger partial charge < -0.3 is 10.1 Å². The number of ether oxygens (including phenoxy) is 1. The zero-order valence-corrected chi connectivity index (χ0v) is 16.7. The summed E-state index contributed by atoms with van der Waals surface area (Å²) in [7, 11) is 0. The Morgan fingerprint density at radius 1 is 1.10 bits per heavy atom. The van der Waals surface area contributed by atoms with E-state index in [-0.39, 0.29) is 28.6 Å². The molecule has 0 saturated heterocycles. The minimum absolute atomic E-state index is 0.0893. The number of anilines is 1. The number of halogens is 1. The molecule has 1 heterocycles. The van der Waals surface area contributed by atoms with E-state index in [1.165, 1.54) is 23.1 Å². The highest BCUT2D eigenvalue weighted by Gasteiger charge is 2.38. The number of fused-ring (bicyclic) bond motifs is 1. The van der Waals surface area contributed by atoms with Gasteiger partial charge in [0.1, 0.15) is 0 Å². The van der Waals surface area contributed by atoms with Crippen molar-refractivity contribution < 1.29 is 23.9 Å². The SMILES string of the molecule is CCC(C)N1C(=O)c2ccc(C(=O)OCC(=O)Nc3cccc(Cl)c3)cc2C1=O. The van der Waals surface area contributed by atoms with Crippen LogP contribution < -0.4 is 5.32 Å². The standard InChI is InChI=1S/C21H19ClN2O5/c1-3-12(2)24-19(26)16-8-7-13(9-17(16)20(24)27)21(28)29-11-18(25)23-15-6-4-5-14(22)10-15/h4-10,12H,3,11H2,1-2H3,(H,23,25). The molecule has 0 radical (unpaired) electrons. The van der Waals surface area contributed by atoms with Gasteiger partial charge in [-0.15, -0.1) is 0 Å². The minimum Gasteiger partial charge on any atom is -0.452 e. The second-order valence-corrected chi connectivity index (χ2v) is 7.07. The first kappa shape index (κ1) is 20.5. The largest absolute Gasteiger partial charge is 0.452 e. The second-order valence-electron chi connectivity index (χ2n) is 6.63. The fourth-order valence-corrected chi connectivity index (χ4v) is 3.14. The monoisotopic (exact) mass is 414 g/mol. The van der Waals surface area contributed by atoms with Crippen LogP contribution in [0.15, 0.2) is 42.5 Å². The molecular weight excluding hydrogens is 396 g/mol. The molecule has 0 spiro atoms. The Bertz CT molecular complexity index is 1000. The maximum absolute atomic E-state index is 12.6. The van der Waals surface area contributed by atoms with Crippen molar-refractivity contribution in [3.63, 3.8) is 0 Å². The Balaban J connectivity index is 1.66. The maximum Gasteiger partial charge on any atom is 0.338 e. The predicted molar refractivity (Wildman–Crippen MR) is 107 cm³/mol. The number of imide groups is 1. The van der Waals surface area contributed by atoms with E-state index in [2.05, 4.69) is 5.32 Å². The quantitative estimate of drug-likeness (QED) is 0.576. The smallest absolute Gasteiger partial charge is 0.338 e. The van der Waals surface area contributed by atoms with Crippen molar-refractivity contribution in [3.05, 3.63) is 64.2 Å². The lowest BCUT2D eigenvalue weighted by Crippen LogP contribution is -2.37. The third-order valence-corrected chi connectivity index (χ3v) is 4.86. The molecule has 29 heavy (non-hydrogen) atoms. The van der Waals surface area contributed by atoms with Crippen molar-refractivity contribution in [1.82, 2.24) is 4.90 Å². The molecule has 0 saturated carbocycles. The molecule has 1 aliphatic rings. The lowest BCUT2D eigenvalue weighted by molar-refractivity contribution is -0.119. The molecule has 1 unspecified atom stereocenters. The molecule has 150 valence electrons. The van der Waals surface area contributed by atoms with Crippen LogP contribution in [0.3, 0.4) is 0 Å². The molecule has 1 atom stereocenters. The van der Waals surface area contributed by atoms with Crippen LogP contribution in [0.1, 0.15) is 51.3 Å². The van der Waals surface area contributed by atoms with Gasteiger partial charge in [0, 0.05) is 16.8 Å². The molecule has 2 aromatic rings. The summed E-state index contributed by atoms with van der Waals surface area (Å²) in [6, 6.07) is 10.5. The van der Waals surface area contributed by atoms with Crippen LogP contribution >= 0.6 is 11.6 Å². The van der Waals surface area contributed by atoms with Crippen molar-refractivity contribution in [2.24, 2.45) is 0 Å². The van der Waals surface area contributed by atoms with Gasteiger partial charge in [0.15, 0.2) is 6.61 Å². The summed E-state index contributed by atoms with van der Waals surface area (Å²) in [5.74, 6) is -2.11. The van der Waals surface area contributed by atoms with E-state index in [9.17, 15) is 19.2 Å². The normalized spacial score (nSPS) is 13.8. The topological polar surface area (TPSA) is 92.8 Å². The highest BCUT2D eigenvalue weighted by molar-refractivity contribution is 6.30. The van der Waals surface area contributed by atoms with Crippen LogP contribution in [0.2, 0.25) is 5.02 Å². The van der Waals surface area contributed by atoms with Crippen molar-refractivity contribution in [3.8, 4) is 0 Å². The molecule has 0 fully saturated rings.